The number of methoxy groups -OCH3 is 1. The van der Waals surface area contributed by atoms with Gasteiger partial charge in [0, 0.05) is 5.69 Å². The summed E-state index contributed by atoms with van der Waals surface area (Å²) in [6, 6.07) is 10.8. The molecule has 0 spiro atoms. The van der Waals surface area contributed by atoms with Crippen LogP contribution in [0.4, 0.5) is 5.69 Å². The number of anilines is 1. The Morgan fingerprint density at radius 1 is 1.25 bits per heavy atom. The zero-order valence-corrected chi connectivity index (χ0v) is 14.0. The third-order valence-corrected chi connectivity index (χ3v) is 3.43. The Bertz CT molecular complexity index is 757. The smallest absolute Gasteiger partial charge is 0.259 e. The van der Waals surface area contributed by atoms with E-state index >= 15 is 0 Å². The molecule has 0 fully saturated rings. The highest BCUT2D eigenvalue weighted by atomic mass is 16.5. The van der Waals surface area contributed by atoms with Gasteiger partial charge in [-0.3, -0.25) is 4.79 Å². The quantitative estimate of drug-likeness (QED) is 0.562. The SMILES string of the molecule is COc1ccc(/C=N\NC(=O)CNc2ccc(C)cc2C)cc1O. The molecule has 0 aromatic heterocycles. The number of hydrogen-bond donors (Lipinski definition) is 3. The summed E-state index contributed by atoms with van der Waals surface area (Å²) in [5, 5.41) is 16.6. The maximum Gasteiger partial charge on any atom is 0.259 e. The van der Waals surface area contributed by atoms with E-state index in [1.807, 2.05) is 26.0 Å². The highest BCUT2D eigenvalue weighted by molar-refractivity contribution is 5.85. The van der Waals surface area contributed by atoms with E-state index in [9.17, 15) is 9.90 Å². The Labute approximate surface area is 141 Å². The van der Waals surface area contributed by atoms with Crippen LogP contribution in [0, 0.1) is 13.8 Å². The van der Waals surface area contributed by atoms with Crippen molar-refractivity contribution in [2.24, 2.45) is 5.10 Å². The fraction of sp³-hybridized carbons (Fsp3) is 0.222. The molecule has 0 aliphatic carbocycles. The van der Waals surface area contributed by atoms with Crippen molar-refractivity contribution in [1.82, 2.24) is 5.43 Å². The van der Waals surface area contributed by atoms with Crippen LogP contribution in [0.5, 0.6) is 11.5 Å². The number of phenolic OH excluding ortho intramolecular Hbond substituents is 1. The van der Waals surface area contributed by atoms with Crippen molar-refractivity contribution in [3.8, 4) is 11.5 Å². The highest BCUT2D eigenvalue weighted by Gasteiger charge is 2.03. The Hall–Kier alpha value is -3.02. The van der Waals surface area contributed by atoms with E-state index in [1.165, 1.54) is 25.0 Å². The number of nitrogens with one attached hydrogen (secondary N) is 2. The van der Waals surface area contributed by atoms with E-state index in [-0.39, 0.29) is 18.2 Å². The van der Waals surface area contributed by atoms with Gasteiger partial charge in [-0.15, -0.1) is 0 Å². The molecule has 126 valence electrons. The molecule has 0 aliphatic heterocycles. The first-order valence-corrected chi connectivity index (χ1v) is 7.49. The largest absolute Gasteiger partial charge is 0.504 e. The number of carbonyl (C=O) groups excluding carboxylic acids is 1. The number of ether oxygens (including phenoxy) is 1. The molecule has 0 bridgehead atoms. The molecular formula is C18H21N3O3. The number of carbonyl (C=O) groups is 1. The molecule has 24 heavy (non-hydrogen) atoms. The number of nitrogens with zero attached hydrogens (tertiary/aromatic N) is 1. The van der Waals surface area contributed by atoms with Crippen molar-refractivity contribution < 1.29 is 14.6 Å². The first-order valence-electron chi connectivity index (χ1n) is 7.49. The van der Waals surface area contributed by atoms with Crippen LogP contribution in [-0.2, 0) is 4.79 Å². The molecule has 1 amide bonds. The molecule has 6 nitrogen and oxygen atoms in total. The molecule has 0 saturated heterocycles. The molecule has 0 aliphatic rings. The summed E-state index contributed by atoms with van der Waals surface area (Å²) in [6.45, 7) is 4.13. The zero-order chi connectivity index (χ0) is 17.5. The molecule has 2 aromatic rings. The van der Waals surface area contributed by atoms with Gasteiger partial charge in [0.15, 0.2) is 11.5 Å². The van der Waals surface area contributed by atoms with E-state index in [0.29, 0.717) is 11.3 Å². The first-order chi connectivity index (χ1) is 11.5. The number of amides is 1. The van der Waals surface area contributed by atoms with E-state index in [4.69, 9.17) is 4.74 Å². The fourth-order valence-electron chi connectivity index (χ4n) is 2.19. The predicted molar refractivity (Wildman–Crippen MR) is 94.8 cm³/mol. The zero-order valence-electron chi connectivity index (χ0n) is 14.0. The van der Waals surface area contributed by atoms with Crippen LogP contribution < -0.4 is 15.5 Å². The van der Waals surface area contributed by atoms with Crippen LogP contribution in [0.2, 0.25) is 0 Å². The van der Waals surface area contributed by atoms with Crippen molar-refractivity contribution in [3.05, 3.63) is 53.1 Å². The number of benzene rings is 2. The van der Waals surface area contributed by atoms with Gasteiger partial charge in [-0.05, 0) is 49.2 Å². The molecule has 6 heteroatoms. The van der Waals surface area contributed by atoms with Crippen LogP contribution in [-0.4, -0.2) is 30.9 Å². The number of aromatic hydroxyl groups is 1. The molecule has 0 heterocycles. The molecule has 0 atom stereocenters. The lowest BCUT2D eigenvalue weighted by atomic mass is 10.1. The highest BCUT2D eigenvalue weighted by Crippen LogP contribution is 2.25. The Kier molecular flexibility index (Phi) is 5.78. The van der Waals surface area contributed by atoms with Crippen molar-refractivity contribution in [1.29, 1.82) is 0 Å². The maximum atomic E-state index is 11.8. The van der Waals surface area contributed by atoms with Crippen LogP contribution in [0.3, 0.4) is 0 Å². The van der Waals surface area contributed by atoms with Crippen LogP contribution in [0.25, 0.3) is 0 Å². The van der Waals surface area contributed by atoms with Gasteiger partial charge in [0.25, 0.3) is 5.91 Å². The van der Waals surface area contributed by atoms with Crippen LogP contribution >= 0.6 is 0 Å². The van der Waals surface area contributed by atoms with Crippen LogP contribution in [0.1, 0.15) is 16.7 Å². The Balaban J connectivity index is 1.85. The van der Waals surface area contributed by atoms with Gasteiger partial charge >= 0.3 is 0 Å². The van der Waals surface area contributed by atoms with Gasteiger partial charge in [0.2, 0.25) is 0 Å². The van der Waals surface area contributed by atoms with Gasteiger partial charge < -0.3 is 15.2 Å². The monoisotopic (exact) mass is 327 g/mol. The maximum absolute atomic E-state index is 11.8. The number of phenols is 1. The molecule has 3 N–H and O–H groups in total. The average molecular weight is 327 g/mol. The van der Waals surface area contributed by atoms with Gasteiger partial charge in [-0.1, -0.05) is 17.7 Å². The van der Waals surface area contributed by atoms with Gasteiger partial charge in [-0.2, -0.15) is 5.10 Å². The summed E-state index contributed by atoms with van der Waals surface area (Å²) >= 11 is 0. The van der Waals surface area contributed by atoms with Crippen LogP contribution in [0.15, 0.2) is 41.5 Å². The van der Waals surface area contributed by atoms with E-state index in [1.54, 1.807) is 12.1 Å². The van der Waals surface area contributed by atoms with E-state index in [2.05, 4.69) is 21.9 Å². The minimum absolute atomic E-state index is 0.0179. The Morgan fingerprint density at radius 3 is 2.71 bits per heavy atom. The van der Waals surface area contributed by atoms with Gasteiger partial charge in [0.05, 0.1) is 19.9 Å². The second kappa shape index (κ2) is 8.01. The third-order valence-electron chi connectivity index (χ3n) is 3.43. The fourth-order valence-corrected chi connectivity index (χ4v) is 2.19. The lowest BCUT2D eigenvalue weighted by Gasteiger charge is -2.09. The first kappa shape index (κ1) is 17.3. The lowest BCUT2D eigenvalue weighted by Crippen LogP contribution is -2.26. The summed E-state index contributed by atoms with van der Waals surface area (Å²) in [4.78, 5) is 11.8. The topological polar surface area (TPSA) is 83.0 Å². The Morgan fingerprint density at radius 2 is 2.04 bits per heavy atom. The van der Waals surface area contributed by atoms with Gasteiger partial charge in [-0.25, -0.2) is 5.43 Å². The molecule has 0 radical (unpaired) electrons. The number of hydrogen-bond acceptors (Lipinski definition) is 5. The number of rotatable bonds is 6. The summed E-state index contributed by atoms with van der Waals surface area (Å²) in [5.74, 6) is 0.141. The summed E-state index contributed by atoms with van der Waals surface area (Å²) in [5.41, 5.74) is 6.26. The summed E-state index contributed by atoms with van der Waals surface area (Å²) < 4.78 is 4.96. The van der Waals surface area contributed by atoms with Crippen molar-refractivity contribution in [2.45, 2.75) is 13.8 Å². The third kappa shape index (κ3) is 4.74. The molecular weight excluding hydrogens is 306 g/mol. The average Bonchev–Trinajstić information content (AvgIpc) is 2.54. The normalized spacial score (nSPS) is 10.6. The van der Waals surface area contributed by atoms with E-state index < -0.39 is 0 Å². The molecule has 2 rings (SSSR count). The van der Waals surface area contributed by atoms with Crippen molar-refractivity contribution in [2.75, 3.05) is 19.0 Å². The van der Waals surface area contributed by atoms with E-state index in [0.717, 1.165) is 11.3 Å². The summed E-state index contributed by atoms with van der Waals surface area (Å²) in [7, 11) is 1.48. The minimum Gasteiger partial charge on any atom is -0.504 e. The van der Waals surface area contributed by atoms with Crippen molar-refractivity contribution >= 4 is 17.8 Å². The second-order valence-corrected chi connectivity index (χ2v) is 5.40. The molecule has 2 aromatic carbocycles. The standard InChI is InChI=1S/C18H21N3O3/c1-12-4-6-15(13(2)8-12)19-11-18(23)21-20-10-14-5-7-17(24-3)16(22)9-14/h4-10,19,22H,11H2,1-3H3,(H,21,23)/b20-10-. The summed E-state index contributed by atoms with van der Waals surface area (Å²) in [6.07, 6.45) is 1.45. The molecule has 0 unspecified atom stereocenters. The van der Waals surface area contributed by atoms with Gasteiger partial charge in [0.1, 0.15) is 0 Å². The lowest BCUT2D eigenvalue weighted by molar-refractivity contribution is -0.119. The predicted octanol–water partition coefficient (Wildman–Crippen LogP) is 2.58. The molecule has 0 saturated carbocycles. The number of hydrazone groups is 1. The number of aryl methyl sites for hydroxylation is 2. The van der Waals surface area contributed by atoms with Crippen molar-refractivity contribution in [3.63, 3.8) is 0 Å². The second-order valence-electron chi connectivity index (χ2n) is 5.40. The minimum atomic E-state index is -0.260.